The van der Waals surface area contributed by atoms with Crippen LogP contribution in [0.4, 0.5) is 5.69 Å². The predicted molar refractivity (Wildman–Crippen MR) is 92.3 cm³/mol. The summed E-state index contributed by atoms with van der Waals surface area (Å²) in [7, 11) is -2.89. The molecule has 6 nitrogen and oxygen atoms in total. The molecule has 0 spiro atoms. The monoisotopic (exact) mass is 347 g/mol. The molecule has 1 saturated carbocycles. The number of nitrogens with zero attached hydrogens (tertiary/aromatic N) is 2. The van der Waals surface area contributed by atoms with Crippen LogP contribution in [-0.2, 0) is 9.84 Å². The number of aryl methyl sites for hydroxylation is 1. The molecular weight excluding hydrogens is 326 g/mol. The fourth-order valence-corrected chi connectivity index (χ4v) is 4.50. The van der Waals surface area contributed by atoms with Crippen LogP contribution < -0.4 is 10.5 Å². The first-order valence-corrected chi connectivity index (χ1v) is 9.99. The number of benzene rings is 1. The van der Waals surface area contributed by atoms with Crippen molar-refractivity contribution in [1.29, 1.82) is 0 Å². The molecule has 24 heavy (non-hydrogen) atoms. The Balaban J connectivity index is 1.68. The van der Waals surface area contributed by atoms with Crippen molar-refractivity contribution in [3.8, 4) is 11.5 Å². The lowest BCUT2D eigenvalue weighted by Crippen LogP contribution is -2.39. The molecule has 0 bridgehead atoms. The molecule has 2 aliphatic rings. The number of ether oxygens (including phenoxy) is 1. The first kappa shape index (κ1) is 15.5. The minimum Gasteiger partial charge on any atom is -0.453 e. The van der Waals surface area contributed by atoms with Crippen molar-refractivity contribution in [3.05, 3.63) is 35.2 Å². The van der Waals surface area contributed by atoms with Crippen molar-refractivity contribution in [2.75, 3.05) is 17.2 Å². The van der Waals surface area contributed by atoms with Gasteiger partial charge in [0.1, 0.15) is 11.4 Å². The van der Waals surface area contributed by atoms with Gasteiger partial charge in [0.2, 0.25) is 0 Å². The summed E-state index contributed by atoms with van der Waals surface area (Å²) in [4.78, 5) is 0. The van der Waals surface area contributed by atoms with Crippen LogP contribution in [0.3, 0.4) is 0 Å². The van der Waals surface area contributed by atoms with Crippen molar-refractivity contribution < 1.29 is 13.2 Å². The highest BCUT2D eigenvalue weighted by Crippen LogP contribution is 2.46. The number of sulfone groups is 1. The summed E-state index contributed by atoms with van der Waals surface area (Å²) in [5, 5.41) is 4.70. The van der Waals surface area contributed by atoms with E-state index in [9.17, 15) is 8.42 Å². The van der Waals surface area contributed by atoms with Gasteiger partial charge in [-0.25, -0.2) is 8.42 Å². The van der Waals surface area contributed by atoms with Crippen molar-refractivity contribution in [3.63, 3.8) is 0 Å². The van der Waals surface area contributed by atoms with Crippen molar-refractivity contribution >= 4 is 15.5 Å². The Morgan fingerprint density at radius 2 is 1.96 bits per heavy atom. The highest BCUT2D eigenvalue weighted by atomic mass is 32.2. The van der Waals surface area contributed by atoms with E-state index in [-0.39, 0.29) is 17.5 Å². The number of nitrogen functional groups attached to an aromatic ring is 1. The lowest BCUT2D eigenvalue weighted by Gasteiger charge is -2.27. The summed E-state index contributed by atoms with van der Waals surface area (Å²) in [6.45, 7) is 3.89. The van der Waals surface area contributed by atoms with E-state index in [0.717, 1.165) is 47.0 Å². The molecule has 2 N–H and O–H groups in total. The molecule has 0 unspecified atom stereocenters. The summed E-state index contributed by atoms with van der Waals surface area (Å²) >= 11 is 0. The van der Waals surface area contributed by atoms with Gasteiger partial charge in [0.25, 0.3) is 0 Å². The van der Waals surface area contributed by atoms with Crippen LogP contribution in [0.15, 0.2) is 18.2 Å². The second-order valence-corrected chi connectivity index (χ2v) is 9.02. The smallest absolute Gasteiger partial charge is 0.171 e. The van der Waals surface area contributed by atoms with Crippen LogP contribution in [0.1, 0.15) is 41.8 Å². The fraction of sp³-hybridized carbons (Fsp3) is 0.471. The van der Waals surface area contributed by atoms with Gasteiger partial charge in [0, 0.05) is 11.6 Å². The summed E-state index contributed by atoms with van der Waals surface area (Å²) in [6, 6.07) is 5.53. The molecule has 0 amide bonds. The Kier molecular flexibility index (Phi) is 3.38. The molecule has 1 saturated heterocycles. The van der Waals surface area contributed by atoms with Gasteiger partial charge in [-0.3, -0.25) is 4.68 Å². The SMILES string of the molecule is Cc1cc(Oc2c(C3CC3)nn(C3CS(=O)(=O)C3)c2C)ccc1N. The molecule has 0 atom stereocenters. The third kappa shape index (κ3) is 2.66. The van der Waals surface area contributed by atoms with Crippen LogP contribution in [0, 0.1) is 13.8 Å². The summed E-state index contributed by atoms with van der Waals surface area (Å²) in [5.74, 6) is 2.25. The third-order valence-corrected chi connectivity index (χ3v) is 6.57. The Hall–Kier alpha value is -2.02. The first-order valence-electron chi connectivity index (χ1n) is 8.17. The molecule has 2 aromatic rings. The summed E-state index contributed by atoms with van der Waals surface area (Å²) < 4.78 is 31.0. The number of anilines is 1. The lowest BCUT2D eigenvalue weighted by atomic mass is 10.2. The molecule has 2 heterocycles. The molecule has 0 radical (unpaired) electrons. The van der Waals surface area contributed by atoms with Crippen LogP contribution in [0.5, 0.6) is 11.5 Å². The van der Waals surface area contributed by atoms with Gasteiger partial charge in [0.05, 0.1) is 23.2 Å². The summed E-state index contributed by atoms with van der Waals surface area (Å²) in [5.41, 5.74) is 9.41. The molecule has 1 aromatic carbocycles. The van der Waals surface area contributed by atoms with Crippen LogP contribution >= 0.6 is 0 Å². The van der Waals surface area contributed by atoms with Crippen molar-refractivity contribution in [2.24, 2.45) is 0 Å². The molecule has 1 aromatic heterocycles. The Morgan fingerprint density at radius 3 is 2.54 bits per heavy atom. The Labute approximate surface area is 141 Å². The average molecular weight is 347 g/mol. The molecule has 2 fully saturated rings. The van der Waals surface area contributed by atoms with Gasteiger partial charge in [0.15, 0.2) is 15.6 Å². The Morgan fingerprint density at radius 1 is 1.25 bits per heavy atom. The first-order chi connectivity index (χ1) is 11.3. The van der Waals surface area contributed by atoms with Gasteiger partial charge in [-0.05, 0) is 50.5 Å². The standard InChI is InChI=1S/C17H21N3O3S/c1-10-7-14(5-6-15(10)18)23-17-11(2)20(13-8-24(21,22)9-13)19-16(17)12-3-4-12/h5-7,12-13H,3-4,8-9,18H2,1-2H3. The maximum atomic E-state index is 11.5. The largest absolute Gasteiger partial charge is 0.453 e. The second kappa shape index (κ2) is 5.24. The van der Waals surface area contributed by atoms with Gasteiger partial charge < -0.3 is 10.5 Å². The van der Waals surface area contributed by atoms with E-state index < -0.39 is 9.84 Å². The highest BCUT2D eigenvalue weighted by molar-refractivity contribution is 7.92. The predicted octanol–water partition coefficient (Wildman–Crippen LogP) is 2.72. The minimum absolute atomic E-state index is 0.0713. The molecule has 128 valence electrons. The zero-order valence-corrected chi connectivity index (χ0v) is 14.6. The van der Waals surface area contributed by atoms with E-state index in [1.165, 1.54) is 0 Å². The van der Waals surface area contributed by atoms with Gasteiger partial charge in [-0.1, -0.05) is 0 Å². The number of hydrogen-bond acceptors (Lipinski definition) is 5. The minimum atomic E-state index is -2.89. The third-order valence-electron chi connectivity index (χ3n) is 4.78. The molecule has 7 heteroatoms. The molecule has 1 aliphatic carbocycles. The number of nitrogens with two attached hydrogens (primary N) is 1. The zero-order valence-electron chi connectivity index (χ0n) is 13.8. The lowest BCUT2D eigenvalue weighted by molar-refractivity contribution is 0.451. The van der Waals surface area contributed by atoms with E-state index in [1.807, 2.05) is 36.7 Å². The molecule has 1 aliphatic heterocycles. The van der Waals surface area contributed by atoms with E-state index in [4.69, 9.17) is 15.6 Å². The van der Waals surface area contributed by atoms with Crippen molar-refractivity contribution in [1.82, 2.24) is 9.78 Å². The topological polar surface area (TPSA) is 87.2 Å². The van der Waals surface area contributed by atoms with Crippen LogP contribution in [-0.4, -0.2) is 29.7 Å². The highest BCUT2D eigenvalue weighted by Gasteiger charge is 2.39. The maximum Gasteiger partial charge on any atom is 0.171 e. The van der Waals surface area contributed by atoms with Crippen LogP contribution in [0.25, 0.3) is 0 Å². The zero-order chi connectivity index (χ0) is 17.1. The van der Waals surface area contributed by atoms with Gasteiger partial charge in [-0.15, -0.1) is 0 Å². The summed E-state index contributed by atoms with van der Waals surface area (Å²) in [6.07, 6.45) is 2.22. The van der Waals surface area contributed by atoms with Crippen LogP contribution in [0.2, 0.25) is 0 Å². The maximum absolute atomic E-state index is 11.5. The van der Waals surface area contributed by atoms with E-state index in [0.29, 0.717) is 5.92 Å². The fourth-order valence-electron chi connectivity index (χ4n) is 3.14. The number of rotatable bonds is 4. The Bertz CT molecular complexity index is 901. The van der Waals surface area contributed by atoms with Gasteiger partial charge >= 0.3 is 0 Å². The number of hydrogen-bond donors (Lipinski definition) is 1. The molecular formula is C17H21N3O3S. The molecule has 4 rings (SSSR count). The van der Waals surface area contributed by atoms with Crippen molar-refractivity contribution in [2.45, 2.75) is 38.6 Å². The normalized spacial score (nSPS) is 19.9. The number of aromatic nitrogens is 2. The van der Waals surface area contributed by atoms with E-state index in [1.54, 1.807) is 0 Å². The average Bonchev–Trinajstić information content (AvgIpc) is 3.28. The van der Waals surface area contributed by atoms with E-state index in [2.05, 4.69) is 0 Å². The van der Waals surface area contributed by atoms with Gasteiger partial charge in [-0.2, -0.15) is 5.10 Å². The van der Waals surface area contributed by atoms with E-state index >= 15 is 0 Å². The quantitative estimate of drug-likeness (QED) is 0.859. The second-order valence-electron chi connectivity index (χ2n) is 6.87.